The molecule has 9 heteroatoms. The first-order valence-electron chi connectivity index (χ1n) is 11.1. The lowest BCUT2D eigenvalue weighted by Crippen LogP contribution is -2.40. The molecule has 1 amide bonds. The van der Waals surface area contributed by atoms with Gasteiger partial charge in [-0.3, -0.25) is 9.20 Å². The van der Waals surface area contributed by atoms with Gasteiger partial charge in [0.2, 0.25) is 5.95 Å². The molecular weight excluding hydrogens is 406 g/mol. The van der Waals surface area contributed by atoms with E-state index in [0.717, 1.165) is 61.1 Å². The van der Waals surface area contributed by atoms with Gasteiger partial charge in [-0.25, -0.2) is 14.5 Å². The van der Waals surface area contributed by atoms with Crippen LogP contribution in [0.2, 0.25) is 0 Å². The van der Waals surface area contributed by atoms with Gasteiger partial charge in [-0.2, -0.15) is 0 Å². The minimum atomic E-state index is 0.0413. The second kappa shape index (κ2) is 7.59. The molecule has 4 aromatic rings. The number of amides is 1. The normalized spacial score (nSPS) is 20.7. The highest BCUT2D eigenvalue weighted by Crippen LogP contribution is 2.28. The van der Waals surface area contributed by atoms with Crippen molar-refractivity contribution in [2.45, 2.75) is 37.8 Å². The molecule has 164 valence electrons. The fraction of sp³-hybridized carbons (Fsp3) is 0.391. The van der Waals surface area contributed by atoms with Crippen molar-refractivity contribution in [1.29, 1.82) is 0 Å². The van der Waals surface area contributed by atoms with Crippen LogP contribution in [-0.4, -0.2) is 67.1 Å². The van der Waals surface area contributed by atoms with Crippen molar-refractivity contribution in [2.24, 2.45) is 0 Å². The zero-order valence-corrected chi connectivity index (χ0v) is 17.9. The predicted molar refractivity (Wildman–Crippen MR) is 120 cm³/mol. The van der Waals surface area contributed by atoms with E-state index in [-0.39, 0.29) is 5.91 Å². The summed E-state index contributed by atoms with van der Waals surface area (Å²) in [5, 5.41) is 7.99. The van der Waals surface area contributed by atoms with E-state index in [1.54, 1.807) is 13.3 Å². The van der Waals surface area contributed by atoms with Gasteiger partial charge in [0.25, 0.3) is 5.91 Å². The third-order valence-corrected chi connectivity index (χ3v) is 6.61. The van der Waals surface area contributed by atoms with Gasteiger partial charge in [0.05, 0.1) is 24.0 Å². The molecule has 4 aromatic heterocycles. The number of rotatable bonds is 5. The van der Waals surface area contributed by atoms with Crippen LogP contribution in [0.15, 0.2) is 43.0 Å². The summed E-state index contributed by atoms with van der Waals surface area (Å²) in [4.78, 5) is 23.8. The van der Waals surface area contributed by atoms with Crippen LogP contribution in [0.25, 0.3) is 22.3 Å². The van der Waals surface area contributed by atoms with Crippen molar-refractivity contribution in [3.05, 3.63) is 48.7 Å². The van der Waals surface area contributed by atoms with Crippen molar-refractivity contribution in [3.63, 3.8) is 0 Å². The molecule has 1 saturated heterocycles. The van der Waals surface area contributed by atoms with Crippen LogP contribution in [0.1, 0.15) is 36.2 Å². The predicted octanol–water partition coefficient (Wildman–Crippen LogP) is 2.87. The Hall–Kier alpha value is -3.46. The molecule has 5 heterocycles. The largest absolute Gasteiger partial charge is 0.381 e. The Balaban J connectivity index is 1.30. The molecule has 6 rings (SSSR count). The maximum absolute atomic E-state index is 13.0. The molecule has 0 radical (unpaired) electrons. The quantitative estimate of drug-likeness (QED) is 0.523. The first-order valence-corrected chi connectivity index (χ1v) is 11.1. The second-order valence-corrected chi connectivity index (χ2v) is 8.60. The Labute approximate surface area is 185 Å². The molecule has 1 N–H and O–H groups in total. The van der Waals surface area contributed by atoms with Gasteiger partial charge >= 0.3 is 0 Å². The first kappa shape index (κ1) is 19.2. The van der Waals surface area contributed by atoms with E-state index < -0.39 is 0 Å². The second-order valence-electron chi connectivity index (χ2n) is 8.60. The van der Waals surface area contributed by atoms with Crippen LogP contribution in [-0.2, 0) is 4.74 Å². The lowest BCUT2D eigenvalue weighted by molar-refractivity contribution is 0.0326. The number of hydrogen-bond donors (Lipinski definition) is 1. The smallest absolute Gasteiger partial charge is 0.272 e. The maximum atomic E-state index is 13.0. The molecule has 0 bridgehead atoms. The van der Waals surface area contributed by atoms with E-state index in [2.05, 4.69) is 20.4 Å². The number of methoxy groups -OCH3 is 1. The van der Waals surface area contributed by atoms with Gasteiger partial charge in [0.15, 0.2) is 0 Å². The Morgan fingerprint density at radius 3 is 2.78 bits per heavy atom. The number of likely N-dealkylation sites (tertiary alicyclic amines) is 1. The van der Waals surface area contributed by atoms with Crippen molar-refractivity contribution in [3.8, 4) is 11.1 Å². The molecule has 2 fully saturated rings. The van der Waals surface area contributed by atoms with E-state index in [1.807, 2.05) is 50.6 Å². The van der Waals surface area contributed by atoms with Gasteiger partial charge in [-0.05, 0) is 43.9 Å². The summed E-state index contributed by atoms with van der Waals surface area (Å²) in [5.41, 5.74) is 4.27. The summed E-state index contributed by atoms with van der Waals surface area (Å²) in [6.07, 6.45) is 11.8. The summed E-state index contributed by atoms with van der Waals surface area (Å²) in [6.45, 7) is 1.63. The topological polar surface area (TPSA) is 89.1 Å². The van der Waals surface area contributed by atoms with Crippen LogP contribution in [0, 0.1) is 0 Å². The average molecular weight is 432 g/mol. The van der Waals surface area contributed by atoms with Crippen LogP contribution >= 0.6 is 0 Å². The number of imidazole rings is 1. The van der Waals surface area contributed by atoms with E-state index in [4.69, 9.17) is 4.74 Å². The molecule has 1 aliphatic heterocycles. The van der Waals surface area contributed by atoms with Crippen LogP contribution in [0.3, 0.4) is 0 Å². The third kappa shape index (κ3) is 3.20. The zero-order chi connectivity index (χ0) is 21.7. The number of fused-ring (bicyclic) bond motifs is 2. The Kier molecular flexibility index (Phi) is 4.57. The van der Waals surface area contributed by atoms with Gasteiger partial charge in [-0.1, -0.05) is 0 Å². The summed E-state index contributed by atoms with van der Waals surface area (Å²) in [7, 11) is 1.75. The highest BCUT2D eigenvalue weighted by Gasteiger charge is 2.29. The number of nitrogens with zero attached hydrogens (tertiary/aromatic N) is 6. The Morgan fingerprint density at radius 2 is 1.97 bits per heavy atom. The van der Waals surface area contributed by atoms with E-state index in [0.29, 0.717) is 23.8 Å². The minimum Gasteiger partial charge on any atom is -0.381 e. The fourth-order valence-electron chi connectivity index (χ4n) is 4.65. The van der Waals surface area contributed by atoms with E-state index >= 15 is 0 Å². The zero-order valence-electron chi connectivity index (χ0n) is 17.9. The Morgan fingerprint density at radius 1 is 1.12 bits per heavy atom. The standard InChI is InChI=1S/C23H25N7O2/c1-32-17-10-16(11-17)26-23-25-12-19-18(6-9-30(19)27-23)15-4-5-21-24-13-20(29(21)14-15)22(31)28-7-2-3-8-28/h4-6,9,12-14,16-17H,2-3,7-8,10-11H2,1H3,(H,26,27). The number of anilines is 1. The number of pyridine rings is 1. The van der Waals surface area contributed by atoms with Crippen LogP contribution in [0.5, 0.6) is 0 Å². The number of carbonyl (C=O) groups excluding carboxylic acids is 1. The molecule has 2 aliphatic rings. The average Bonchev–Trinajstić information content (AvgIpc) is 3.54. The number of aromatic nitrogens is 5. The maximum Gasteiger partial charge on any atom is 0.272 e. The monoisotopic (exact) mass is 431 g/mol. The summed E-state index contributed by atoms with van der Waals surface area (Å²) >= 11 is 0. The molecule has 1 aliphatic carbocycles. The summed E-state index contributed by atoms with van der Waals surface area (Å²) < 4.78 is 9.06. The molecule has 9 nitrogen and oxygen atoms in total. The minimum absolute atomic E-state index is 0.0413. The van der Waals surface area contributed by atoms with Crippen molar-refractivity contribution in [1.82, 2.24) is 28.9 Å². The van der Waals surface area contributed by atoms with Crippen molar-refractivity contribution < 1.29 is 9.53 Å². The number of carbonyl (C=O) groups is 1. The Bertz CT molecular complexity index is 1300. The summed E-state index contributed by atoms with van der Waals surface area (Å²) in [6, 6.07) is 6.34. The van der Waals surface area contributed by atoms with Gasteiger partial charge in [0, 0.05) is 49.8 Å². The number of ether oxygens (including phenoxy) is 1. The molecule has 0 atom stereocenters. The molecule has 0 spiro atoms. The molecule has 32 heavy (non-hydrogen) atoms. The fourth-order valence-corrected chi connectivity index (χ4v) is 4.65. The highest BCUT2D eigenvalue weighted by molar-refractivity contribution is 5.93. The molecule has 0 unspecified atom stereocenters. The van der Waals surface area contributed by atoms with E-state index in [9.17, 15) is 4.79 Å². The van der Waals surface area contributed by atoms with Gasteiger partial charge < -0.3 is 15.0 Å². The molecule has 1 saturated carbocycles. The molecular formula is C23H25N7O2. The molecule has 0 aromatic carbocycles. The van der Waals surface area contributed by atoms with Crippen molar-refractivity contribution >= 4 is 23.0 Å². The number of hydrogen-bond acceptors (Lipinski definition) is 6. The SMILES string of the molecule is COC1CC(Nc2ncc3c(-c4ccc5ncc(C(=O)N6CCCC6)n5c4)ccn3n2)C1. The third-order valence-electron chi connectivity index (χ3n) is 6.61. The van der Waals surface area contributed by atoms with Crippen LogP contribution < -0.4 is 5.32 Å². The van der Waals surface area contributed by atoms with Crippen molar-refractivity contribution in [2.75, 3.05) is 25.5 Å². The summed E-state index contributed by atoms with van der Waals surface area (Å²) in [5.74, 6) is 0.655. The lowest BCUT2D eigenvalue weighted by atomic mass is 9.89. The lowest BCUT2D eigenvalue weighted by Gasteiger charge is -2.34. The van der Waals surface area contributed by atoms with Gasteiger partial charge in [0.1, 0.15) is 11.3 Å². The first-order chi connectivity index (χ1) is 15.7. The highest BCUT2D eigenvalue weighted by atomic mass is 16.5. The number of nitrogens with one attached hydrogen (secondary N) is 1. The van der Waals surface area contributed by atoms with E-state index in [1.165, 1.54) is 0 Å². The van der Waals surface area contributed by atoms with Gasteiger partial charge in [-0.15, -0.1) is 5.10 Å². The van der Waals surface area contributed by atoms with Crippen LogP contribution in [0.4, 0.5) is 5.95 Å².